The lowest BCUT2D eigenvalue weighted by molar-refractivity contribution is 0.0183. The average Bonchev–Trinajstić information content (AvgIpc) is 2.79. The maximum absolute atomic E-state index is 13.9. The van der Waals surface area contributed by atoms with Crippen molar-refractivity contribution < 1.29 is 14.3 Å². The van der Waals surface area contributed by atoms with Gasteiger partial charge in [-0.05, 0) is 49.5 Å². The number of thiocarbonyl (C=S) groups is 1. The maximum Gasteiger partial charge on any atom is 0.264 e. The number of rotatable bonds is 3. The Balaban J connectivity index is 1.69. The smallest absolute Gasteiger partial charge is 0.264 e. The minimum absolute atomic E-state index is 0.188. The van der Waals surface area contributed by atoms with Crippen molar-refractivity contribution >= 4 is 28.9 Å². The van der Waals surface area contributed by atoms with E-state index in [2.05, 4.69) is 0 Å². The van der Waals surface area contributed by atoms with Crippen LogP contribution in [0.25, 0.3) is 0 Å². The van der Waals surface area contributed by atoms with Crippen LogP contribution in [0.15, 0.2) is 78.9 Å². The number of methoxy groups -OCH3 is 1. The molecule has 2 atom stereocenters. The summed E-state index contributed by atoms with van der Waals surface area (Å²) < 4.78 is 12.0. The number of anilines is 1. The van der Waals surface area contributed by atoms with Gasteiger partial charge >= 0.3 is 0 Å². The second-order valence-corrected chi connectivity index (χ2v) is 8.23. The van der Waals surface area contributed by atoms with Crippen LogP contribution < -0.4 is 14.4 Å². The molecular weight excluding hydrogens is 408 g/mol. The quantitative estimate of drug-likeness (QED) is 0.536. The zero-order valence-electron chi connectivity index (χ0n) is 17.3. The molecule has 0 unspecified atom stereocenters. The number of benzene rings is 3. The normalized spacial score (nSPS) is 21.9. The van der Waals surface area contributed by atoms with Crippen LogP contribution in [0.4, 0.5) is 5.69 Å². The molecule has 2 bridgehead atoms. The van der Waals surface area contributed by atoms with Crippen molar-refractivity contribution in [3.8, 4) is 11.5 Å². The monoisotopic (exact) mass is 430 g/mol. The van der Waals surface area contributed by atoms with Crippen molar-refractivity contribution in [3.05, 3.63) is 90.0 Å². The summed E-state index contributed by atoms with van der Waals surface area (Å²) in [6.07, 6.45) is 0.583. The fraction of sp³-hybridized carbons (Fsp3) is 0.200. The fourth-order valence-electron chi connectivity index (χ4n) is 4.55. The zero-order valence-corrected chi connectivity index (χ0v) is 18.1. The lowest BCUT2D eigenvalue weighted by Crippen LogP contribution is -2.67. The molecule has 0 N–H and O–H groups in total. The topological polar surface area (TPSA) is 42.0 Å². The van der Waals surface area contributed by atoms with E-state index < -0.39 is 5.72 Å². The van der Waals surface area contributed by atoms with Crippen LogP contribution in [-0.4, -0.2) is 28.8 Å². The van der Waals surface area contributed by atoms with Gasteiger partial charge in [-0.3, -0.25) is 14.6 Å². The van der Waals surface area contributed by atoms with Gasteiger partial charge in [0, 0.05) is 17.7 Å². The summed E-state index contributed by atoms with van der Waals surface area (Å²) in [5.74, 6) is 1.10. The van der Waals surface area contributed by atoms with Crippen molar-refractivity contribution in [2.75, 3.05) is 12.0 Å². The number of hydrogen-bond acceptors (Lipinski definition) is 4. The minimum Gasteiger partial charge on any atom is -0.496 e. The molecule has 2 aliphatic heterocycles. The van der Waals surface area contributed by atoms with Gasteiger partial charge in [-0.25, -0.2) is 0 Å². The van der Waals surface area contributed by atoms with Crippen LogP contribution in [0.2, 0.25) is 0 Å². The highest BCUT2D eigenvalue weighted by Crippen LogP contribution is 2.49. The van der Waals surface area contributed by atoms with Crippen molar-refractivity contribution in [2.45, 2.75) is 25.1 Å². The van der Waals surface area contributed by atoms with Gasteiger partial charge in [0.05, 0.1) is 18.7 Å². The first-order valence-electron chi connectivity index (χ1n) is 10.2. The van der Waals surface area contributed by atoms with Crippen LogP contribution in [0.1, 0.15) is 35.3 Å². The third-order valence-electron chi connectivity index (χ3n) is 5.93. The van der Waals surface area contributed by atoms with E-state index in [0.717, 1.165) is 17.0 Å². The SMILES string of the molecule is COc1ccccc1C(=O)N1C(=S)N(c2ccccc2)[C@]2(C)C[C@@H]1c1ccccc1O2. The molecule has 3 aromatic rings. The van der Waals surface area contributed by atoms with Crippen LogP contribution >= 0.6 is 12.2 Å². The van der Waals surface area contributed by atoms with E-state index in [1.165, 1.54) is 0 Å². The third kappa shape index (κ3) is 3.06. The van der Waals surface area contributed by atoms with Crippen LogP contribution in [0, 0.1) is 0 Å². The Morgan fingerprint density at radius 1 is 1.03 bits per heavy atom. The second-order valence-electron chi connectivity index (χ2n) is 7.86. The lowest BCUT2D eigenvalue weighted by Gasteiger charge is -2.55. The summed E-state index contributed by atoms with van der Waals surface area (Å²) in [6, 6.07) is 24.7. The Labute approximate surface area is 186 Å². The van der Waals surface area contributed by atoms with Crippen molar-refractivity contribution in [1.29, 1.82) is 0 Å². The van der Waals surface area contributed by atoms with Gasteiger partial charge in [-0.2, -0.15) is 0 Å². The number of para-hydroxylation sites is 3. The molecule has 0 aromatic heterocycles. The van der Waals surface area contributed by atoms with E-state index in [9.17, 15) is 4.79 Å². The molecule has 2 heterocycles. The molecule has 0 saturated carbocycles. The van der Waals surface area contributed by atoms with E-state index >= 15 is 0 Å². The van der Waals surface area contributed by atoms with Crippen LogP contribution in [-0.2, 0) is 0 Å². The maximum atomic E-state index is 13.9. The van der Waals surface area contributed by atoms with Crippen molar-refractivity contribution in [2.24, 2.45) is 0 Å². The second kappa shape index (κ2) is 7.39. The summed E-state index contributed by atoms with van der Waals surface area (Å²) in [4.78, 5) is 17.5. The van der Waals surface area contributed by atoms with Gasteiger partial charge in [-0.1, -0.05) is 48.5 Å². The van der Waals surface area contributed by atoms with Crippen LogP contribution in [0.5, 0.6) is 11.5 Å². The summed E-state index contributed by atoms with van der Waals surface area (Å²) in [7, 11) is 1.57. The molecule has 5 rings (SSSR count). The van der Waals surface area contributed by atoms with Gasteiger partial charge in [0.1, 0.15) is 11.5 Å². The van der Waals surface area contributed by atoms with Crippen molar-refractivity contribution in [1.82, 2.24) is 4.90 Å². The Bertz CT molecular complexity index is 1170. The number of amides is 1. The molecule has 0 aliphatic carbocycles. The van der Waals surface area contributed by atoms with E-state index in [-0.39, 0.29) is 11.9 Å². The molecular formula is C25H22N2O3S. The van der Waals surface area contributed by atoms with Gasteiger partial charge in [0.2, 0.25) is 0 Å². The van der Waals surface area contributed by atoms with Gasteiger partial charge in [0.15, 0.2) is 10.8 Å². The number of fused-ring (bicyclic) bond motifs is 4. The Morgan fingerprint density at radius 2 is 1.71 bits per heavy atom. The highest BCUT2D eigenvalue weighted by molar-refractivity contribution is 7.80. The summed E-state index contributed by atoms with van der Waals surface area (Å²) >= 11 is 5.95. The van der Waals surface area contributed by atoms with E-state index in [0.29, 0.717) is 22.8 Å². The van der Waals surface area contributed by atoms with E-state index in [1.807, 2.05) is 78.6 Å². The van der Waals surface area contributed by atoms with E-state index in [4.69, 9.17) is 21.7 Å². The lowest BCUT2D eigenvalue weighted by atomic mass is 9.88. The van der Waals surface area contributed by atoms with Gasteiger partial charge in [0.25, 0.3) is 5.91 Å². The Kier molecular flexibility index (Phi) is 4.67. The number of nitrogens with zero attached hydrogens (tertiary/aromatic N) is 2. The zero-order chi connectivity index (χ0) is 21.6. The predicted octanol–water partition coefficient (Wildman–Crippen LogP) is 5.18. The summed E-state index contributed by atoms with van der Waals surface area (Å²) in [5, 5.41) is 0.412. The molecule has 1 saturated heterocycles. The minimum atomic E-state index is -0.713. The summed E-state index contributed by atoms with van der Waals surface area (Å²) in [5.41, 5.74) is 1.60. The molecule has 0 radical (unpaired) electrons. The largest absolute Gasteiger partial charge is 0.496 e. The molecule has 0 spiro atoms. The molecule has 156 valence electrons. The first-order valence-corrected chi connectivity index (χ1v) is 10.6. The Morgan fingerprint density at radius 3 is 2.48 bits per heavy atom. The molecule has 6 heteroatoms. The Hall–Kier alpha value is -3.38. The molecule has 2 aliphatic rings. The molecule has 3 aromatic carbocycles. The highest BCUT2D eigenvalue weighted by Gasteiger charge is 2.53. The number of carbonyl (C=O) groups excluding carboxylic acids is 1. The first kappa shape index (κ1) is 19.6. The molecule has 5 nitrogen and oxygen atoms in total. The number of hydrogen-bond donors (Lipinski definition) is 0. The molecule has 1 fully saturated rings. The van der Waals surface area contributed by atoms with Gasteiger partial charge in [-0.15, -0.1) is 0 Å². The average molecular weight is 431 g/mol. The number of carbonyl (C=O) groups is 1. The predicted molar refractivity (Wildman–Crippen MR) is 124 cm³/mol. The molecule has 31 heavy (non-hydrogen) atoms. The van der Waals surface area contributed by atoms with Crippen molar-refractivity contribution in [3.63, 3.8) is 0 Å². The standard InChI is InChI=1S/C25H22N2O3S/c1-25-16-20(18-12-6-9-15-22(18)30-25)26(23(28)19-13-7-8-14-21(19)29-2)24(31)27(25)17-10-4-3-5-11-17/h3-15,20H,16H2,1-2H3/t20-,25+/m1/s1. The van der Waals surface area contributed by atoms with Gasteiger partial charge < -0.3 is 9.47 Å². The van der Waals surface area contributed by atoms with E-state index in [1.54, 1.807) is 24.1 Å². The fourth-order valence-corrected chi connectivity index (χ4v) is 5.06. The first-order chi connectivity index (χ1) is 15.0. The third-order valence-corrected chi connectivity index (χ3v) is 6.31. The summed E-state index contributed by atoms with van der Waals surface area (Å²) in [6.45, 7) is 2.03. The van der Waals surface area contributed by atoms with Crippen LogP contribution in [0.3, 0.4) is 0 Å². The molecule has 1 amide bonds. The number of ether oxygens (including phenoxy) is 2. The highest BCUT2D eigenvalue weighted by atomic mass is 32.1.